The van der Waals surface area contributed by atoms with Crippen LogP contribution in [0.15, 0.2) is 42.6 Å². The monoisotopic (exact) mass is 395 g/mol. The average Bonchev–Trinajstić information content (AvgIpc) is 3.38. The van der Waals surface area contributed by atoms with Crippen LogP contribution in [-0.4, -0.2) is 32.6 Å². The Bertz CT molecular complexity index is 991. The number of esters is 1. The predicted molar refractivity (Wildman–Crippen MR) is 104 cm³/mol. The van der Waals surface area contributed by atoms with Crippen molar-refractivity contribution in [2.75, 3.05) is 31.5 Å². The zero-order chi connectivity index (χ0) is 20.0. The molecule has 1 fully saturated rings. The van der Waals surface area contributed by atoms with Gasteiger partial charge in [-0.2, -0.15) is 0 Å². The van der Waals surface area contributed by atoms with Gasteiger partial charge in [0.15, 0.2) is 11.5 Å². The number of rotatable bonds is 3. The van der Waals surface area contributed by atoms with Crippen LogP contribution in [0.5, 0.6) is 11.5 Å². The van der Waals surface area contributed by atoms with Gasteiger partial charge in [0.2, 0.25) is 6.79 Å². The SMILES string of the molecule is CCOC(=O)C1=CN(c2ccc(C)cc2)C2(OCCO2)c2cc3c(cc21)OCO3. The quantitative estimate of drug-likeness (QED) is 0.739. The number of hydrogen-bond donors (Lipinski definition) is 0. The molecular formula is C22H21NO6. The first-order chi connectivity index (χ1) is 14.1. The van der Waals surface area contributed by atoms with E-state index in [2.05, 4.69) is 0 Å². The minimum atomic E-state index is -1.19. The number of carbonyl (C=O) groups excluding carboxylic acids is 1. The first-order valence-corrected chi connectivity index (χ1v) is 9.60. The van der Waals surface area contributed by atoms with Crippen LogP contribution >= 0.6 is 0 Å². The van der Waals surface area contributed by atoms with Crippen molar-refractivity contribution in [2.24, 2.45) is 0 Å². The van der Waals surface area contributed by atoms with E-state index in [9.17, 15) is 4.79 Å². The lowest BCUT2D eigenvalue weighted by molar-refractivity contribution is -0.161. The highest BCUT2D eigenvalue weighted by molar-refractivity contribution is 6.18. The Morgan fingerprint density at radius 1 is 1.10 bits per heavy atom. The molecule has 5 rings (SSSR count). The molecule has 2 aromatic carbocycles. The standard InChI is InChI=1S/C22H21NO6/c1-3-25-21(24)17-12-23(15-6-4-14(2)5-7-15)22(28-8-9-29-22)18-11-20-19(10-16(17)18)26-13-27-20/h4-7,10-12H,3,8-9,13H2,1-2H3. The van der Waals surface area contributed by atoms with Crippen LogP contribution in [0.25, 0.3) is 5.57 Å². The number of carbonyl (C=O) groups is 1. The maximum Gasteiger partial charge on any atom is 0.340 e. The molecule has 0 aliphatic carbocycles. The Balaban J connectivity index is 1.74. The van der Waals surface area contributed by atoms with E-state index in [1.165, 1.54) is 0 Å². The molecule has 3 heterocycles. The molecule has 0 N–H and O–H groups in total. The summed E-state index contributed by atoms with van der Waals surface area (Å²) in [6, 6.07) is 11.6. The lowest BCUT2D eigenvalue weighted by atomic mass is 9.92. The summed E-state index contributed by atoms with van der Waals surface area (Å²) in [4.78, 5) is 14.7. The number of nitrogens with zero attached hydrogens (tertiary/aromatic N) is 1. The summed E-state index contributed by atoms with van der Waals surface area (Å²) in [5.41, 5.74) is 3.71. The fourth-order valence-electron chi connectivity index (χ4n) is 3.86. The Hall–Kier alpha value is -3.03. The van der Waals surface area contributed by atoms with Crippen LogP contribution in [0.4, 0.5) is 5.69 Å². The van der Waals surface area contributed by atoms with Crippen molar-refractivity contribution in [3.63, 3.8) is 0 Å². The lowest BCUT2D eigenvalue weighted by Gasteiger charge is -2.42. The van der Waals surface area contributed by atoms with Crippen molar-refractivity contribution in [3.8, 4) is 11.5 Å². The topological polar surface area (TPSA) is 66.5 Å². The van der Waals surface area contributed by atoms with Gasteiger partial charge in [0, 0.05) is 23.0 Å². The minimum Gasteiger partial charge on any atom is -0.462 e. The predicted octanol–water partition coefficient (Wildman–Crippen LogP) is 3.31. The largest absolute Gasteiger partial charge is 0.462 e. The van der Waals surface area contributed by atoms with Crippen LogP contribution in [0.1, 0.15) is 23.6 Å². The summed E-state index contributed by atoms with van der Waals surface area (Å²) in [6.07, 6.45) is 1.73. The molecule has 0 aromatic heterocycles. The van der Waals surface area contributed by atoms with Crippen molar-refractivity contribution in [2.45, 2.75) is 19.8 Å². The Morgan fingerprint density at radius 2 is 1.79 bits per heavy atom. The van der Waals surface area contributed by atoms with Crippen molar-refractivity contribution >= 4 is 17.2 Å². The molecule has 3 aliphatic heterocycles. The molecule has 150 valence electrons. The summed E-state index contributed by atoms with van der Waals surface area (Å²) in [5, 5.41) is 0. The maximum absolute atomic E-state index is 12.8. The molecule has 2 aromatic rings. The van der Waals surface area contributed by atoms with Gasteiger partial charge in [0.25, 0.3) is 5.91 Å². The molecule has 0 bridgehead atoms. The molecule has 0 amide bonds. The van der Waals surface area contributed by atoms with E-state index in [1.807, 2.05) is 42.2 Å². The molecule has 0 saturated carbocycles. The Labute approximate surface area is 168 Å². The molecule has 3 aliphatic rings. The van der Waals surface area contributed by atoms with Gasteiger partial charge < -0.3 is 23.7 Å². The van der Waals surface area contributed by atoms with Crippen LogP contribution in [-0.2, 0) is 24.9 Å². The zero-order valence-electron chi connectivity index (χ0n) is 16.3. The molecule has 29 heavy (non-hydrogen) atoms. The smallest absolute Gasteiger partial charge is 0.340 e. The van der Waals surface area contributed by atoms with Crippen LogP contribution in [0, 0.1) is 6.92 Å². The molecule has 1 spiro atoms. The molecule has 7 heteroatoms. The maximum atomic E-state index is 12.8. The highest BCUT2D eigenvalue weighted by atomic mass is 16.8. The van der Waals surface area contributed by atoms with Gasteiger partial charge >= 0.3 is 5.97 Å². The van der Waals surface area contributed by atoms with E-state index in [1.54, 1.807) is 19.2 Å². The van der Waals surface area contributed by atoms with Gasteiger partial charge in [-0.25, -0.2) is 4.79 Å². The highest BCUT2D eigenvalue weighted by Gasteiger charge is 2.50. The van der Waals surface area contributed by atoms with Crippen LogP contribution < -0.4 is 14.4 Å². The van der Waals surface area contributed by atoms with Crippen molar-refractivity contribution in [1.29, 1.82) is 0 Å². The molecule has 0 unspecified atom stereocenters. The van der Waals surface area contributed by atoms with Gasteiger partial charge in [0.1, 0.15) is 0 Å². The van der Waals surface area contributed by atoms with Gasteiger partial charge in [-0.15, -0.1) is 0 Å². The van der Waals surface area contributed by atoms with Crippen molar-refractivity contribution < 1.29 is 28.5 Å². The summed E-state index contributed by atoms with van der Waals surface area (Å²) in [7, 11) is 0. The molecular weight excluding hydrogens is 374 g/mol. The number of hydrogen-bond acceptors (Lipinski definition) is 7. The number of anilines is 1. The van der Waals surface area contributed by atoms with E-state index in [4.69, 9.17) is 23.7 Å². The second-order valence-corrected chi connectivity index (χ2v) is 7.00. The van der Waals surface area contributed by atoms with Gasteiger partial charge in [-0.05, 0) is 38.1 Å². The van der Waals surface area contributed by atoms with E-state index in [-0.39, 0.29) is 13.4 Å². The first kappa shape index (κ1) is 18.0. The number of ether oxygens (including phenoxy) is 5. The fourth-order valence-corrected chi connectivity index (χ4v) is 3.86. The third kappa shape index (κ3) is 2.77. The van der Waals surface area contributed by atoms with Gasteiger partial charge in [-0.3, -0.25) is 4.90 Å². The second kappa shape index (κ2) is 6.79. The number of benzene rings is 2. The van der Waals surface area contributed by atoms with Crippen LogP contribution in [0.3, 0.4) is 0 Å². The number of aryl methyl sites for hydroxylation is 1. The van der Waals surface area contributed by atoms with E-state index in [0.717, 1.165) is 11.3 Å². The summed E-state index contributed by atoms with van der Waals surface area (Å²) < 4.78 is 28.8. The normalized spacial score (nSPS) is 18.6. The van der Waals surface area contributed by atoms with Gasteiger partial charge in [-0.1, -0.05) is 17.7 Å². The summed E-state index contributed by atoms with van der Waals surface area (Å²) in [5.74, 6) is -0.439. The first-order valence-electron chi connectivity index (χ1n) is 9.60. The zero-order valence-corrected chi connectivity index (χ0v) is 16.3. The third-order valence-electron chi connectivity index (χ3n) is 5.20. The Morgan fingerprint density at radius 3 is 2.48 bits per heavy atom. The molecule has 7 nitrogen and oxygen atoms in total. The van der Waals surface area contributed by atoms with Crippen molar-refractivity contribution in [3.05, 3.63) is 59.3 Å². The average molecular weight is 395 g/mol. The minimum absolute atomic E-state index is 0.132. The molecule has 1 saturated heterocycles. The summed E-state index contributed by atoms with van der Waals surface area (Å²) >= 11 is 0. The van der Waals surface area contributed by atoms with Gasteiger partial charge in [0.05, 0.1) is 25.4 Å². The van der Waals surface area contributed by atoms with E-state index >= 15 is 0 Å². The third-order valence-corrected chi connectivity index (χ3v) is 5.20. The molecule has 0 atom stereocenters. The van der Waals surface area contributed by atoms with E-state index < -0.39 is 11.9 Å². The van der Waals surface area contributed by atoms with E-state index in [0.29, 0.717) is 41.4 Å². The second-order valence-electron chi connectivity index (χ2n) is 7.00. The Kier molecular flexibility index (Phi) is 4.22. The summed E-state index contributed by atoms with van der Waals surface area (Å²) in [6.45, 7) is 5.07. The fraction of sp³-hybridized carbons (Fsp3) is 0.318. The lowest BCUT2D eigenvalue weighted by Crippen LogP contribution is -2.47. The molecule has 0 radical (unpaired) electrons. The van der Waals surface area contributed by atoms with Crippen LogP contribution in [0.2, 0.25) is 0 Å². The van der Waals surface area contributed by atoms with Crippen molar-refractivity contribution in [1.82, 2.24) is 0 Å². The highest BCUT2D eigenvalue weighted by Crippen LogP contribution is 2.49. The number of fused-ring (bicyclic) bond motifs is 3.